The highest BCUT2D eigenvalue weighted by atomic mass is 16.2. The summed E-state index contributed by atoms with van der Waals surface area (Å²) in [5.74, 6) is -0.370. The number of amides is 2. The predicted molar refractivity (Wildman–Crippen MR) is 109 cm³/mol. The molecule has 0 aliphatic carbocycles. The Kier molecular flexibility index (Phi) is 4.85. The molecule has 1 aliphatic heterocycles. The maximum absolute atomic E-state index is 12.8. The minimum Gasteiger partial charge on any atom is -0.320 e. The third-order valence-corrected chi connectivity index (χ3v) is 4.76. The van der Waals surface area contributed by atoms with Crippen molar-refractivity contribution in [1.82, 2.24) is 9.99 Å². The number of fused-ring (bicyclic) bond motifs is 1. The summed E-state index contributed by atoms with van der Waals surface area (Å²) in [5.41, 5.74) is 3.91. The Morgan fingerprint density at radius 3 is 2.71 bits per heavy atom. The quantitative estimate of drug-likeness (QED) is 0.759. The van der Waals surface area contributed by atoms with E-state index in [4.69, 9.17) is 0 Å². The number of nitrogens with zero attached hydrogens (tertiary/aromatic N) is 3. The van der Waals surface area contributed by atoms with E-state index in [1.807, 2.05) is 61.5 Å². The van der Waals surface area contributed by atoms with E-state index in [-0.39, 0.29) is 18.2 Å². The molecule has 0 saturated heterocycles. The zero-order valence-corrected chi connectivity index (χ0v) is 15.6. The number of hydrogen-bond acceptors (Lipinski definition) is 4. The molecule has 1 aliphatic rings. The van der Waals surface area contributed by atoms with Crippen LogP contribution >= 0.6 is 0 Å². The highest BCUT2D eigenvalue weighted by molar-refractivity contribution is 6.44. The second-order valence-electron chi connectivity index (χ2n) is 6.77. The first-order chi connectivity index (χ1) is 13.6. The van der Waals surface area contributed by atoms with Gasteiger partial charge in [0.15, 0.2) is 0 Å². The molecular formula is C22H20N4O2. The molecule has 6 heteroatoms. The Hall–Kier alpha value is -3.54. The Bertz CT molecular complexity index is 1080. The highest BCUT2D eigenvalue weighted by Crippen LogP contribution is 2.25. The van der Waals surface area contributed by atoms with Gasteiger partial charge in [0.2, 0.25) is 5.91 Å². The molecule has 0 bridgehead atoms. The fraction of sp³-hybridized carbons (Fsp3) is 0.182. The zero-order valence-electron chi connectivity index (χ0n) is 15.6. The summed E-state index contributed by atoms with van der Waals surface area (Å²) in [6, 6.07) is 17.2. The van der Waals surface area contributed by atoms with Crippen molar-refractivity contribution in [2.45, 2.75) is 26.3 Å². The Labute approximate surface area is 162 Å². The van der Waals surface area contributed by atoms with Crippen LogP contribution in [0.1, 0.15) is 24.0 Å². The van der Waals surface area contributed by atoms with E-state index in [1.54, 1.807) is 6.20 Å². The highest BCUT2D eigenvalue weighted by Gasteiger charge is 2.25. The van der Waals surface area contributed by atoms with Crippen LogP contribution in [-0.2, 0) is 16.1 Å². The molecule has 2 heterocycles. The maximum Gasteiger partial charge on any atom is 0.271 e. The topological polar surface area (TPSA) is 74.7 Å². The van der Waals surface area contributed by atoms with E-state index in [0.29, 0.717) is 24.4 Å². The lowest BCUT2D eigenvalue weighted by Gasteiger charge is -2.23. The fourth-order valence-corrected chi connectivity index (χ4v) is 3.26. The number of rotatable bonds is 4. The van der Waals surface area contributed by atoms with Gasteiger partial charge in [-0.3, -0.25) is 14.6 Å². The molecular weight excluding hydrogens is 352 g/mol. The summed E-state index contributed by atoms with van der Waals surface area (Å²) in [6.45, 7) is 2.34. The number of carbonyl (C=O) groups is 2. The molecule has 1 aromatic heterocycles. The summed E-state index contributed by atoms with van der Waals surface area (Å²) >= 11 is 0. The maximum atomic E-state index is 12.8. The molecule has 0 radical (unpaired) electrons. The Morgan fingerprint density at radius 2 is 1.89 bits per heavy atom. The zero-order chi connectivity index (χ0) is 19.5. The first kappa shape index (κ1) is 17.9. The fourth-order valence-electron chi connectivity index (χ4n) is 3.26. The molecule has 0 unspecified atom stereocenters. The van der Waals surface area contributed by atoms with E-state index in [1.165, 1.54) is 5.01 Å². The number of benzene rings is 2. The smallest absolute Gasteiger partial charge is 0.271 e. The molecule has 0 atom stereocenters. The first-order valence-corrected chi connectivity index (χ1v) is 9.19. The molecule has 1 N–H and O–H groups in total. The van der Waals surface area contributed by atoms with Gasteiger partial charge in [0.05, 0.1) is 17.7 Å². The monoisotopic (exact) mass is 372 g/mol. The van der Waals surface area contributed by atoms with Crippen LogP contribution in [0.2, 0.25) is 0 Å². The van der Waals surface area contributed by atoms with Crippen molar-refractivity contribution in [3.8, 4) is 0 Å². The number of nitrogens with one attached hydrogen (secondary N) is 1. The van der Waals surface area contributed by atoms with Crippen molar-refractivity contribution in [2.24, 2.45) is 5.10 Å². The lowest BCUT2D eigenvalue weighted by molar-refractivity contribution is -0.132. The van der Waals surface area contributed by atoms with Crippen molar-refractivity contribution in [3.05, 3.63) is 71.9 Å². The molecule has 2 amide bonds. The minimum absolute atomic E-state index is 0.0783. The van der Waals surface area contributed by atoms with Crippen molar-refractivity contribution in [3.63, 3.8) is 0 Å². The molecule has 3 aromatic rings. The molecule has 0 spiro atoms. The lowest BCUT2D eigenvalue weighted by Crippen LogP contribution is -2.36. The Morgan fingerprint density at radius 1 is 1.07 bits per heavy atom. The number of aromatic nitrogens is 1. The van der Waals surface area contributed by atoms with Crippen LogP contribution in [0.15, 0.2) is 65.9 Å². The van der Waals surface area contributed by atoms with E-state index in [0.717, 1.165) is 22.0 Å². The Balaban J connectivity index is 1.57. The number of hydrazone groups is 1. The number of aryl methyl sites for hydroxylation is 1. The van der Waals surface area contributed by atoms with Crippen LogP contribution in [0.4, 0.5) is 5.69 Å². The van der Waals surface area contributed by atoms with Crippen LogP contribution in [0, 0.1) is 6.92 Å². The van der Waals surface area contributed by atoms with Crippen molar-refractivity contribution in [2.75, 3.05) is 5.32 Å². The van der Waals surface area contributed by atoms with E-state index < -0.39 is 0 Å². The first-order valence-electron chi connectivity index (χ1n) is 9.19. The van der Waals surface area contributed by atoms with Crippen molar-refractivity contribution >= 4 is 34.1 Å². The number of carbonyl (C=O) groups excluding carboxylic acids is 2. The van der Waals surface area contributed by atoms with Crippen molar-refractivity contribution in [1.29, 1.82) is 0 Å². The van der Waals surface area contributed by atoms with Crippen LogP contribution in [0.5, 0.6) is 0 Å². The van der Waals surface area contributed by atoms with Gasteiger partial charge < -0.3 is 5.32 Å². The summed E-state index contributed by atoms with van der Waals surface area (Å²) in [6.07, 6.45) is 2.34. The number of pyridine rings is 1. The van der Waals surface area contributed by atoms with Crippen molar-refractivity contribution < 1.29 is 9.59 Å². The normalized spacial score (nSPS) is 14.1. The largest absolute Gasteiger partial charge is 0.320 e. The van der Waals surface area contributed by atoms with Gasteiger partial charge in [-0.2, -0.15) is 5.10 Å². The molecule has 2 aromatic carbocycles. The third-order valence-electron chi connectivity index (χ3n) is 4.76. The predicted octanol–water partition coefficient (Wildman–Crippen LogP) is 3.66. The van der Waals surface area contributed by atoms with Gasteiger partial charge in [-0.05, 0) is 36.2 Å². The number of hydrogen-bond donors (Lipinski definition) is 1. The average Bonchev–Trinajstić information content (AvgIpc) is 2.72. The van der Waals surface area contributed by atoms with E-state index >= 15 is 0 Å². The van der Waals surface area contributed by atoms with Gasteiger partial charge in [-0.15, -0.1) is 0 Å². The molecule has 28 heavy (non-hydrogen) atoms. The molecule has 0 fully saturated rings. The van der Waals surface area contributed by atoms with Gasteiger partial charge in [0.25, 0.3) is 5.91 Å². The second-order valence-corrected chi connectivity index (χ2v) is 6.77. The SMILES string of the molecule is Cc1ccc(NC(=O)C2=NN(Cc3ccccc3)C(=O)CC2)c2cccnc12. The van der Waals surface area contributed by atoms with Gasteiger partial charge in [0.1, 0.15) is 5.71 Å². The van der Waals surface area contributed by atoms with Crippen LogP contribution in [0.3, 0.4) is 0 Å². The van der Waals surface area contributed by atoms with E-state index in [9.17, 15) is 9.59 Å². The van der Waals surface area contributed by atoms with Crippen LogP contribution in [0.25, 0.3) is 10.9 Å². The summed E-state index contributed by atoms with van der Waals surface area (Å²) in [7, 11) is 0. The summed E-state index contributed by atoms with van der Waals surface area (Å²) in [4.78, 5) is 29.4. The lowest BCUT2D eigenvalue weighted by atomic mass is 10.1. The standard InChI is InChI=1S/C22H20N4O2/c1-15-9-10-18(17-8-5-13-23-21(15)17)24-22(28)19-11-12-20(27)26(25-19)14-16-6-3-2-4-7-16/h2-10,13H,11-12,14H2,1H3,(H,24,28). The van der Waals surface area contributed by atoms with Gasteiger partial charge in [0, 0.05) is 24.4 Å². The molecule has 6 nitrogen and oxygen atoms in total. The third kappa shape index (κ3) is 3.62. The summed E-state index contributed by atoms with van der Waals surface area (Å²) < 4.78 is 0. The van der Waals surface area contributed by atoms with Crippen LogP contribution in [-0.4, -0.2) is 27.5 Å². The van der Waals surface area contributed by atoms with Gasteiger partial charge >= 0.3 is 0 Å². The molecule has 0 saturated carbocycles. The van der Waals surface area contributed by atoms with E-state index in [2.05, 4.69) is 15.4 Å². The average molecular weight is 372 g/mol. The molecule has 140 valence electrons. The summed E-state index contributed by atoms with van der Waals surface area (Å²) in [5, 5.41) is 9.51. The minimum atomic E-state index is -0.292. The van der Waals surface area contributed by atoms with Crippen LogP contribution < -0.4 is 5.32 Å². The molecule has 4 rings (SSSR count). The van der Waals surface area contributed by atoms with Gasteiger partial charge in [-0.25, -0.2) is 5.01 Å². The number of anilines is 1. The van der Waals surface area contributed by atoms with Gasteiger partial charge in [-0.1, -0.05) is 36.4 Å². The second kappa shape index (κ2) is 7.60.